The first-order valence-corrected chi connectivity index (χ1v) is 18.8. The Labute approximate surface area is 318 Å². The van der Waals surface area contributed by atoms with Gasteiger partial charge in [-0.15, -0.1) is 0 Å². The maximum atomic E-state index is 15.7. The number of carbonyl (C=O) groups excluding carboxylic acids is 1. The van der Waals surface area contributed by atoms with Gasteiger partial charge in [0.05, 0.1) is 34.0 Å². The van der Waals surface area contributed by atoms with Crippen LogP contribution in [0, 0.1) is 16.6 Å². The van der Waals surface area contributed by atoms with Gasteiger partial charge in [-0.05, 0) is 81.2 Å². The molecule has 4 aromatic rings. The van der Waals surface area contributed by atoms with Gasteiger partial charge >= 0.3 is 5.97 Å². The highest BCUT2D eigenvalue weighted by molar-refractivity contribution is 6.39. The molecular weight excluding hydrogens is 718 g/mol. The van der Waals surface area contributed by atoms with Gasteiger partial charge < -0.3 is 31.1 Å². The highest BCUT2D eigenvalue weighted by Gasteiger charge is 2.57. The number of aliphatic carboxylic acids is 1. The van der Waals surface area contributed by atoms with Gasteiger partial charge in [0.1, 0.15) is 5.75 Å². The van der Waals surface area contributed by atoms with Crippen molar-refractivity contribution in [2.24, 2.45) is 10.8 Å². The number of hydrogen-bond acceptors (Lipinski definition) is 8. The molecule has 2 aromatic carbocycles. The quantitative estimate of drug-likeness (QED) is 0.0767. The normalized spacial score (nSPS) is 21.9. The molecule has 2 bridgehead atoms. The topological polar surface area (TPSA) is 138 Å². The lowest BCUT2D eigenvalue weighted by molar-refractivity contribution is -0.148. The molecule has 3 heterocycles. The largest absolute Gasteiger partial charge is 0.496 e. The van der Waals surface area contributed by atoms with Crippen molar-refractivity contribution in [3.05, 3.63) is 87.9 Å². The second-order valence-electron chi connectivity index (χ2n) is 14.6. The van der Waals surface area contributed by atoms with Crippen molar-refractivity contribution in [2.75, 3.05) is 25.5 Å². The van der Waals surface area contributed by atoms with Crippen molar-refractivity contribution in [1.82, 2.24) is 25.9 Å². The Kier molecular flexibility index (Phi) is 10.9. The first-order chi connectivity index (χ1) is 25.6. The van der Waals surface area contributed by atoms with E-state index in [0.29, 0.717) is 76.5 Å². The third-order valence-corrected chi connectivity index (χ3v) is 12.1. The van der Waals surface area contributed by atoms with Crippen LogP contribution >= 0.6 is 23.2 Å². The van der Waals surface area contributed by atoms with Crippen molar-refractivity contribution < 1.29 is 23.8 Å². The predicted octanol–water partition coefficient (Wildman–Crippen LogP) is 7.89. The lowest BCUT2D eigenvalue weighted by atomic mass is 9.80. The third kappa shape index (κ3) is 7.71. The number of halogens is 3. The molecule has 1 aliphatic heterocycles. The fourth-order valence-corrected chi connectivity index (χ4v) is 8.91. The van der Waals surface area contributed by atoms with Crippen molar-refractivity contribution in [3.63, 3.8) is 0 Å². The van der Waals surface area contributed by atoms with E-state index in [1.165, 1.54) is 0 Å². The summed E-state index contributed by atoms with van der Waals surface area (Å²) >= 11 is 14.0. The van der Waals surface area contributed by atoms with E-state index in [0.717, 1.165) is 56.1 Å². The van der Waals surface area contributed by atoms with Gasteiger partial charge in [-0.1, -0.05) is 47.5 Å². The lowest BCUT2D eigenvalue weighted by Gasteiger charge is -2.26. The number of amides is 1. The molecule has 1 amide bonds. The van der Waals surface area contributed by atoms with Crippen LogP contribution in [0.1, 0.15) is 62.5 Å². The van der Waals surface area contributed by atoms with Gasteiger partial charge in [0.15, 0.2) is 11.6 Å². The second-order valence-corrected chi connectivity index (χ2v) is 15.4. The summed E-state index contributed by atoms with van der Waals surface area (Å²) in [5.41, 5.74) is 4.04. The number of carboxylic acid groups (broad SMARTS) is 1. The van der Waals surface area contributed by atoms with Gasteiger partial charge in [-0.2, -0.15) is 0 Å². The number of aromatic nitrogens is 2. The Morgan fingerprint density at radius 3 is 2.51 bits per heavy atom. The first kappa shape index (κ1) is 37.0. The van der Waals surface area contributed by atoms with Crippen molar-refractivity contribution >= 4 is 46.6 Å². The average Bonchev–Trinajstić information content (AvgIpc) is 3.87. The Bertz CT molecular complexity index is 2020. The smallest absolute Gasteiger partial charge is 0.309 e. The van der Waals surface area contributed by atoms with Gasteiger partial charge in [0, 0.05) is 72.3 Å². The molecule has 3 aliphatic rings. The van der Waals surface area contributed by atoms with Crippen LogP contribution in [0.5, 0.6) is 5.75 Å². The van der Waals surface area contributed by atoms with Gasteiger partial charge in [-0.25, -0.2) is 9.37 Å². The predicted molar refractivity (Wildman–Crippen MR) is 204 cm³/mol. The zero-order chi connectivity index (χ0) is 37.2. The molecule has 0 spiro atoms. The highest BCUT2D eigenvalue weighted by atomic mass is 35.5. The van der Waals surface area contributed by atoms with Gasteiger partial charge in [-0.3, -0.25) is 14.6 Å². The lowest BCUT2D eigenvalue weighted by Crippen LogP contribution is -2.35. The van der Waals surface area contributed by atoms with Crippen LogP contribution in [0.25, 0.3) is 22.4 Å². The minimum Gasteiger partial charge on any atom is -0.496 e. The summed E-state index contributed by atoms with van der Waals surface area (Å²) in [7, 11) is 1.62. The number of methoxy groups -OCH3 is 1. The fourth-order valence-electron chi connectivity index (χ4n) is 8.31. The van der Waals surface area contributed by atoms with Crippen LogP contribution < -0.4 is 26.0 Å². The molecule has 5 N–H and O–H groups in total. The van der Waals surface area contributed by atoms with Crippen LogP contribution in [0.15, 0.2) is 60.9 Å². The molecule has 10 nitrogen and oxygen atoms in total. The molecule has 1 unspecified atom stereocenters. The van der Waals surface area contributed by atoms with Crippen LogP contribution in [0.3, 0.4) is 0 Å². The van der Waals surface area contributed by atoms with E-state index < -0.39 is 17.2 Å². The fraction of sp³-hybridized carbons (Fsp3) is 0.400. The molecule has 1 atom stereocenters. The van der Waals surface area contributed by atoms with E-state index in [2.05, 4.69) is 31.2 Å². The van der Waals surface area contributed by atoms with Crippen molar-refractivity contribution in [3.8, 4) is 28.1 Å². The van der Waals surface area contributed by atoms with Crippen molar-refractivity contribution in [2.45, 2.75) is 70.5 Å². The number of rotatable bonds is 15. The number of benzene rings is 2. The monoisotopic (exact) mass is 760 g/mol. The number of hydrogen-bond donors (Lipinski definition) is 5. The Hall–Kier alpha value is -4.29. The van der Waals surface area contributed by atoms with Crippen LogP contribution in [-0.4, -0.2) is 53.2 Å². The molecule has 0 radical (unpaired) electrons. The number of nitrogens with one attached hydrogen (secondary N) is 4. The third-order valence-electron chi connectivity index (χ3n) is 11.3. The molecule has 13 heteroatoms. The molecular formula is C40H43Cl2FN6O4. The number of ether oxygens (including phenoxy) is 1. The summed E-state index contributed by atoms with van der Waals surface area (Å²) in [6.45, 7) is 2.23. The van der Waals surface area contributed by atoms with E-state index in [9.17, 15) is 14.7 Å². The number of fused-ring (bicyclic) bond motifs is 2. The summed E-state index contributed by atoms with van der Waals surface area (Å²) in [6, 6.07) is 14.8. The molecule has 1 saturated heterocycles. The molecule has 2 aromatic heterocycles. The Morgan fingerprint density at radius 1 is 1.00 bits per heavy atom. The molecule has 53 heavy (non-hydrogen) atoms. The van der Waals surface area contributed by atoms with Crippen LogP contribution in [0.2, 0.25) is 10.0 Å². The van der Waals surface area contributed by atoms with Gasteiger partial charge in [0.25, 0.3) is 0 Å². The molecule has 2 saturated carbocycles. The van der Waals surface area contributed by atoms with Crippen molar-refractivity contribution in [1.29, 1.82) is 0 Å². The summed E-state index contributed by atoms with van der Waals surface area (Å²) < 4.78 is 21.5. The van der Waals surface area contributed by atoms with E-state index in [1.54, 1.807) is 37.7 Å². The van der Waals surface area contributed by atoms with E-state index in [1.807, 2.05) is 30.3 Å². The highest BCUT2D eigenvalue weighted by Crippen LogP contribution is 2.63. The Morgan fingerprint density at radius 2 is 1.77 bits per heavy atom. The number of carboxylic acids is 1. The SMILES string of the molecule is COc1cc(-c2nccc(-c3cccc(Nc4nccc(CNCCC56CCC(C(=O)O)(CC5)C6)c4F)c3Cl)c2Cl)ccc1CNCC1CCC(=O)N1. The summed E-state index contributed by atoms with van der Waals surface area (Å²) in [4.78, 5) is 32.2. The minimum atomic E-state index is -0.663. The molecule has 7 rings (SSSR count). The summed E-state index contributed by atoms with van der Waals surface area (Å²) in [5, 5.41) is 23.3. The minimum absolute atomic E-state index is 0.0518. The molecule has 3 fully saturated rings. The first-order valence-electron chi connectivity index (χ1n) is 18.1. The van der Waals surface area contributed by atoms with Crippen LogP contribution in [0.4, 0.5) is 15.9 Å². The maximum Gasteiger partial charge on any atom is 0.309 e. The summed E-state index contributed by atoms with van der Waals surface area (Å²) in [6.07, 6.45) is 9.62. The molecule has 278 valence electrons. The standard InChI is InChI=1S/C40H43Cl2FN6O4/c1-53-31-19-24(5-6-25(31)20-45-22-27-7-8-32(50)48-27)36-34(42)29(10-17-46-36)28-3-2-4-30(33(28)41)49-37-35(43)26(9-16-47-37)21-44-18-15-39-11-13-40(23-39,14-12-39)38(51)52/h2-6,9-10,16-17,19,27,44-45H,7-8,11-15,18,20-23H2,1H3,(H,47,49)(H,48,50)(H,51,52). The summed E-state index contributed by atoms with van der Waals surface area (Å²) in [5.74, 6) is -0.320. The Balaban J connectivity index is 1.02. The van der Waals surface area contributed by atoms with Crippen LogP contribution in [-0.2, 0) is 22.7 Å². The number of pyridine rings is 2. The van der Waals surface area contributed by atoms with E-state index >= 15 is 4.39 Å². The van der Waals surface area contributed by atoms with E-state index in [-0.39, 0.29) is 23.2 Å². The zero-order valence-electron chi connectivity index (χ0n) is 29.5. The zero-order valence-corrected chi connectivity index (χ0v) is 31.0. The molecule has 2 aliphatic carbocycles. The number of nitrogens with zero attached hydrogens (tertiary/aromatic N) is 2. The second kappa shape index (κ2) is 15.6. The maximum absolute atomic E-state index is 15.7. The van der Waals surface area contributed by atoms with E-state index in [4.69, 9.17) is 27.9 Å². The number of anilines is 2. The average molecular weight is 762 g/mol. The van der Waals surface area contributed by atoms with Gasteiger partial charge in [0.2, 0.25) is 5.91 Å². The number of carbonyl (C=O) groups is 2.